The Morgan fingerprint density at radius 2 is 1.70 bits per heavy atom. The lowest BCUT2D eigenvalue weighted by Crippen LogP contribution is -2.40. The zero-order chi connectivity index (χ0) is 21.1. The van der Waals surface area contributed by atoms with E-state index in [0.717, 1.165) is 53.7 Å². The number of piperidine rings is 1. The van der Waals surface area contributed by atoms with Gasteiger partial charge in [0.2, 0.25) is 0 Å². The van der Waals surface area contributed by atoms with Crippen molar-refractivity contribution in [2.24, 2.45) is 5.92 Å². The Morgan fingerprint density at radius 3 is 2.43 bits per heavy atom. The lowest BCUT2D eigenvalue weighted by atomic mass is 9.98. The number of fused-ring (bicyclic) bond motifs is 1. The zero-order valence-electron chi connectivity index (χ0n) is 17.4. The highest BCUT2D eigenvalue weighted by atomic mass is 16.5. The third-order valence-electron chi connectivity index (χ3n) is 5.85. The summed E-state index contributed by atoms with van der Waals surface area (Å²) < 4.78 is 5.49. The van der Waals surface area contributed by atoms with Gasteiger partial charge in [0.1, 0.15) is 0 Å². The molecule has 5 nitrogen and oxygen atoms in total. The number of aromatic nitrogens is 1. The number of carbonyl (C=O) groups excluding carboxylic acids is 2. The van der Waals surface area contributed by atoms with E-state index >= 15 is 0 Å². The molecule has 5 heteroatoms. The molecule has 0 spiro atoms. The van der Waals surface area contributed by atoms with Crippen molar-refractivity contribution in [2.45, 2.75) is 26.7 Å². The summed E-state index contributed by atoms with van der Waals surface area (Å²) in [5.41, 5.74) is 3.64. The summed E-state index contributed by atoms with van der Waals surface area (Å²) >= 11 is 0. The van der Waals surface area contributed by atoms with E-state index in [4.69, 9.17) is 9.72 Å². The number of para-hydroxylation sites is 1. The number of hydrogen-bond acceptors (Lipinski definition) is 4. The zero-order valence-corrected chi connectivity index (χ0v) is 17.4. The van der Waals surface area contributed by atoms with Gasteiger partial charge in [0.25, 0.3) is 5.91 Å². The van der Waals surface area contributed by atoms with Crippen molar-refractivity contribution in [3.8, 4) is 11.3 Å². The van der Waals surface area contributed by atoms with Crippen LogP contribution >= 0.6 is 0 Å². The van der Waals surface area contributed by atoms with E-state index < -0.39 is 5.97 Å². The molecule has 1 amide bonds. The summed E-state index contributed by atoms with van der Waals surface area (Å²) in [4.78, 5) is 32.2. The maximum absolute atomic E-state index is 13.1. The Morgan fingerprint density at radius 1 is 1.03 bits per heavy atom. The average Bonchev–Trinajstić information content (AvgIpc) is 2.78. The van der Waals surface area contributed by atoms with Crippen molar-refractivity contribution >= 4 is 22.8 Å². The molecule has 4 rings (SSSR count). The van der Waals surface area contributed by atoms with Crippen molar-refractivity contribution in [1.82, 2.24) is 9.88 Å². The third-order valence-corrected chi connectivity index (χ3v) is 5.85. The number of hydrogen-bond donors (Lipinski definition) is 0. The monoisotopic (exact) mass is 402 g/mol. The molecule has 1 aromatic heterocycles. The number of rotatable bonds is 4. The standard InChI is InChI=1S/C25H26N2O3/c1-17-12-14-27(15-13-17)22(28)16-30-25(29)23-18(2)24(19-8-4-3-5-9-19)26-21-11-7-6-10-20(21)23/h3-11,17H,12-16H2,1-2H3. The number of pyridine rings is 1. The van der Waals surface area contributed by atoms with Crippen molar-refractivity contribution in [1.29, 1.82) is 0 Å². The number of benzene rings is 2. The lowest BCUT2D eigenvalue weighted by molar-refractivity contribution is -0.135. The Labute approximate surface area is 176 Å². The van der Waals surface area contributed by atoms with Gasteiger partial charge in [-0.15, -0.1) is 0 Å². The van der Waals surface area contributed by atoms with Gasteiger partial charge in [0.05, 0.1) is 16.8 Å². The van der Waals surface area contributed by atoms with Crippen LogP contribution in [0, 0.1) is 12.8 Å². The number of amides is 1. The molecule has 2 heterocycles. The van der Waals surface area contributed by atoms with Gasteiger partial charge in [-0.25, -0.2) is 9.78 Å². The highest BCUT2D eigenvalue weighted by molar-refractivity contribution is 6.06. The van der Waals surface area contributed by atoms with Gasteiger partial charge in [0.15, 0.2) is 6.61 Å². The number of nitrogens with zero attached hydrogens (tertiary/aromatic N) is 2. The summed E-state index contributed by atoms with van der Waals surface area (Å²) in [6, 6.07) is 17.3. The quantitative estimate of drug-likeness (QED) is 0.597. The Kier molecular flexibility index (Phi) is 5.79. The number of likely N-dealkylation sites (tertiary alicyclic amines) is 1. The number of carbonyl (C=O) groups is 2. The second kappa shape index (κ2) is 8.66. The third kappa shape index (κ3) is 4.06. The van der Waals surface area contributed by atoms with Crippen LogP contribution in [0.3, 0.4) is 0 Å². The molecule has 2 aromatic carbocycles. The molecule has 0 saturated carbocycles. The fraction of sp³-hybridized carbons (Fsp3) is 0.320. The topological polar surface area (TPSA) is 59.5 Å². The van der Waals surface area contributed by atoms with Gasteiger partial charge in [-0.1, -0.05) is 55.5 Å². The van der Waals surface area contributed by atoms with Crippen LogP contribution in [0.15, 0.2) is 54.6 Å². The van der Waals surface area contributed by atoms with Gasteiger partial charge in [-0.05, 0) is 37.3 Å². The average molecular weight is 402 g/mol. The van der Waals surface area contributed by atoms with Crippen LogP contribution < -0.4 is 0 Å². The van der Waals surface area contributed by atoms with Gasteiger partial charge < -0.3 is 9.64 Å². The Balaban J connectivity index is 1.62. The molecule has 0 N–H and O–H groups in total. The van der Waals surface area contributed by atoms with Crippen LogP contribution in [0.1, 0.15) is 35.7 Å². The molecule has 3 aromatic rings. The van der Waals surface area contributed by atoms with Gasteiger partial charge >= 0.3 is 5.97 Å². The Hall–Kier alpha value is -3.21. The first-order valence-electron chi connectivity index (χ1n) is 10.4. The molecule has 0 bridgehead atoms. The van der Waals surface area contributed by atoms with E-state index in [0.29, 0.717) is 11.5 Å². The lowest BCUT2D eigenvalue weighted by Gasteiger charge is -2.30. The second-order valence-electron chi connectivity index (χ2n) is 7.98. The summed E-state index contributed by atoms with van der Waals surface area (Å²) in [6.07, 6.45) is 1.99. The van der Waals surface area contributed by atoms with Crippen LogP contribution in [-0.4, -0.2) is 41.5 Å². The molecule has 0 radical (unpaired) electrons. The predicted octanol–water partition coefficient (Wildman–Crippen LogP) is 4.63. The Bertz CT molecular complexity index is 1070. The van der Waals surface area contributed by atoms with Crippen molar-refractivity contribution in [2.75, 3.05) is 19.7 Å². The molecule has 30 heavy (non-hydrogen) atoms. The summed E-state index contributed by atoms with van der Waals surface area (Å²) in [7, 11) is 0. The van der Waals surface area contributed by atoms with Crippen LogP contribution in [0.4, 0.5) is 0 Å². The van der Waals surface area contributed by atoms with E-state index in [1.54, 1.807) is 4.90 Å². The molecule has 1 saturated heterocycles. The molecule has 154 valence electrons. The molecular weight excluding hydrogens is 376 g/mol. The molecule has 1 aliphatic rings. The highest BCUT2D eigenvalue weighted by Crippen LogP contribution is 2.30. The van der Waals surface area contributed by atoms with Crippen molar-refractivity contribution in [3.63, 3.8) is 0 Å². The second-order valence-corrected chi connectivity index (χ2v) is 7.98. The fourth-order valence-electron chi connectivity index (χ4n) is 4.00. The first kappa shape index (κ1) is 20.1. The maximum atomic E-state index is 13.1. The first-order valence-corrected chi connectivity index (χ1v) is 10.4. The summed E-state index contributed by atoms with van der Waals surface area (Å²) in [5.74, 6) is 0.0235. The summed E-state index contributed by atoms with van der Waals surface area (Å²) in [6.45, 7) is 5.31. The minimum atomic E-state index is -0.484. The summed E-state index contributed by atoms with van der Waals surface area (Å²) in [5, 5.41) is 0.735. The number of ether oxygens (including phenoxy) is 1. The van der Waals surface area contributed by atoms with Gasteiger partial charge in [-0.3, -0.25) is 4.79 Å². The van der Waals surface area contributed by atoms with E-state index in [2.05, 4.69) is 6.92 Å². The van der Waals surface area contributed by atoms with Crippen LogP contribution in [0.5, 0.6) is 0 Å². The highest BCUT2D eigenvalue weighted by Gasteiger charge is 2.24. The van der Waals surface area contributed by atoms with Crippen LogP contribution in [0.25, 0.3) is 22.2 Å². The predicted molar refractivity (Wildman–Crippen MR) is 117 cm³/mol. The van der Waals surface area contributed by atoms with Gasteiger partial charge in [-0.2, -0.15) is 0 Å². The van der Waals surface area contributed by atoms with E-state index in [9.17, 15) is 9.59 Å². The SMILES string of the molecule is Cc1c(-c2ccccc2)nc2ccccc2c1C(=O)OCC(=O)N1CCC(C)CC1. The first-order chi connectivity index (χ1) is 14.5. The fourth-order valence-corrected chi connectivity index (χ4v) is 4.00. The molecule has 0 atom stereocenters. The van der Waals surface area contributed by atoms with Crippen molar-refractivity contribution < 1.29 is 14.3 Å². The normalized spacial score (nSPS) is 14.7. The molecule has 1 fully saturated rings. The molecule has 1 aliphatic heterocycles. The van der Waals surface area contributed by atoms with Crippen LogP contribution in [0.2, 0.25) is 0 Å². The van der Waals surface area contributed by atoms with E-state index in [1.165, 1.54) is 0 Å². The maximum Gasteiger partial charge on any atom is 0.339 e. The van der Waals surface area contributed by atoms with Crippen molar-refractivity contribution in [3.05, 3.63) is 65.7 Å². The smallest absolute Gasteiger partial charge is 0.339 e. The number of esters is 1. The van der Waals surface area contributed by atoms with E-state index in [-0.39, 0.29) is 12.5 Å². The molecule has 0 unspecified atom stereocenters. The van der Waals surface area contributed by atoms with Crippen LogP contribution in [-0.2, 0) is 9.53 Å². The minimum Gasteiger partial charge on any atom is -0.452 e. The van der Waals surface area contributed by atoms with E-state index in [1.807, 2.05) is 61.5 Å². The molecular formula is C25H26N2O3. The minimum absolute atomic E-state index is 0.130. The van der Waals surface area contributed by atoms with Gasteiger partial charge in [0, 0.05) is 24.0 Å². The molecule has 0 aliphatic carbocycles. The largest absolute Gasteiger partial charge is 0.452 e.